The van der Waals surface area contributed by atoms with E-state index in [1.165, 1.54) is 12.4 Å². The molecule has 8 nitrogen and oxygen atoms in total. The number of aliphatic hydroxyl groups excluding tert-OH is 1. The second-order valence-electron chi connectivity index (χ2n) is 7.85. The summed E-state index contributed by atoms with van der Waals surface area (Å²) in [5.41, 5.74) is 6.68. The number of allylic oxidation sites excluding steroid dienone is 1. The van der Waals surface area contributed by atoms with Gasteiger partial charge in [0.15, 0.2) is 0 Å². The molecule has 0 fully saturated rings. The van der Waals surface area contributed by atoms with Crippen LogP contribution in [0.25, 0.3) is 0 Å². The Morgan fingerprint density at radius 2 is 2.10 bits per heavy atom. The van der Waals surface area contributed by atoms with Gasteiger partial charge in [0, 0.05) is 43.5 Å². The zero-order valence-electron chi connectivity index (χ0n) is 16.8. The molecule has 31 heavy (non-hydrogen) atoms. The molecule has 3 N–H and O–H groups in total. The summed E-state index contributed by atoms with van der Waals surface area (Å²) < 4.78 is 16.5. The van der Waals surface area contributed by atoms with E-state index in [-0.39, 0.29) is 30.0 Å². The number of aromatic nitrogens is 3. The predicted molar refractivity (Wildman–Crippen MR) is 111 cm³/mol. The zero-order chi connectivity index (χ0) is 21.4. The number of carbonyl (C=O) groups excluding carboxylic acids is 1. The molecule has 2 atom stereocenters. The van der Waals surface area contributed by atoms with Crippen LogP contribution in [0, 0.1) is 0 Å². The number of benzene rings is 1. The van der Waals surface area contributed by atoms with E-state index in [0.717, 1.165) is 28.1 Å². The second kappa shape index (κ2) is 8.09. The average molecular weight is 422 g/mol. The van der Waals surface area contributed by atoms with Gasteiger partial charge in [0.2, 0.25) is 5.91 Å². The quantitative estimate of drug-likeness (QED) is 0.637. The van der Waals surface area contributed by atoms with Gasteiger partial charge in [0.1, 0.15) is 17.8 Å². The van der Waals surface area contributed by atoms with Crippen molar-refractivity contribution in [3.8, 4) is 0 Å². The van der Waals surface area contributed by atoms with Crippen LogP contribution in [0.15, 0.2) is 71.4 Å². The van der Waals surface area contributed by atoms with Gasteiger partial charge in [-0.25, -0.2) is 15.1 Å². The summed E-state index contributed by atoms with van der Waals surface area (Å²) >= 11 is 0. The summed E-state index contributed by atoms with van der Waals surface area (Å²) in [4.78, 5) is 16.9. The van der Waals surface area contributed by atoms with Crippen molar-refractivity contribution in [3.63, 3.8) is 0 Å². The summed E-state index contributed by atoms with van der Waals surface area (Å²) in [5, 5.41) is 16.9. The maximum Gasteiger partial charge on any atom is 0.250 e. The Balaban J connectivity index is 1.70. The van der Waals surface area contributed by atoms with Crippen molar-refractivity contribution in [3.05, 3.63) is 82.7 Å². The molecular weight excluding hydrogens is 399 g/mol. The summed E-state index contributed by atoms with van der Waals surface area (Å²) in [6.45, 7) is 0.937. The normalized spacial score (nSPS) is 23.0. The highest BCUT2D eigenvalue weighted by atomic mass is 19.2. The van der Waals surface area contributed by atoms with Gasteiger partial charge in [-0.05, 0) is 29.6 Å². The summed E-state index contributed by atoms with van der Waals surface area (Å²) in [7, 11) is 0. The number of carbonyl (C=O) groups is 1. The number of halogens is 1. The molecule has 1 amide bonds. The van der Waals surface area contributed by atoms with Crippen molar-refractivity contribution >= 4 is 5.91 Å². The van der Waals surface area contributed by atoms with Gasteiger partial charge in [-0.2, -0.15) is 5.10 Å². The Bertz CT molecular complexity index is 1090. The first kappa shape index (κ1) is 19.7. The fraction of sp³-hybridized carbons (Fsp3) is 0.318. The smallest absolute Gasteiger partial charge is 0.250 e. The van der Waals surface area contributed by atoms with Crippen LogP contribution in [0.4, 0.5) is 4.48 Å². The van der Waals surface area contributed by atoms with Crippen LogP contribution < -0.4 is 10.7 Å². The maximum atomic E-state index is 14.7. The number of nitrogens with zero attached hydrogens (tertiary/aromatic N) is 4. The molecule has 1 aromatic heterocycles. The molecule has 5 rings (SSSR count). The Morgan fingerprint density at radius 1 is 1.26 bits per heavy atom. The first-order chi connectivity index (χ1) is 15.2. The molecule has 9 heteroatoms. The molecule has 0 saturated heterocycles. The van der Waals surface area contributed by atoms with Crippen molar-refractivity contribution < 1.29 is 14.4 Å². The number of hydrogen-bond acceptors (Lipinski definition) is 6. The summed E-state index contributed by atoms with van der Waals surface area (Å²) in [6, 6.07) is 10.2. The van der Waals surface area contributed by atoms with E-state index in [9.17, 15) is 14.4 Å². The zero-order valence-corrected chi connectivity index (χ0v) is 16.8. The molecular formula is C22H23FN6O2. The van der Waals surface area contributed by atoms with Gasteiger partial charge in [-0.1, -0.05) is 34.8 Å². The monoisotopic (exact) mass is 422 g/mol. The first-order valence-electron chi connectivity index (χ1n) is 10.4. The molecule has 3 heterocycles. The third-order valence-electron chi connectivity index (χ3n) is 6.06. The highest BCUT2D eigenvalue weighted by Crippen LogP contribution is 2.51. The van der Waals surface area contributed by atoms with Crippen molar-refractivity contribution in [1.82, 2.24) is 30.7 Å². The largest absolute Gasteiger partial charge is 0.396 e. The van der Waals surface area contributed by atoms with Crippen molar-refractivity contribution in [2.45, 2.75) is 31.2 Å². The topological polar surface area (TPSA) is 95.3 Å². The Kier molecular flexibility index (Phi) is 5.13. The molecule has 1 aliphatic carbocycles. The average Bonchev–Trinajstić information content (AvgIpc) is 3.18. The molecule has 1 aromatic carbocycles. The van der Waals surface area contributed by atoms with Crippen LogP contribution in [0.3, 0.4) is 0 Å². The first-order valence-corrected chi connectivity index (χ1v) is 10.4. The van der Waals surface area contributed by atoms with E-state index in [2.05, 4.69) is 33.0 Å². The number of aliphatic hydroxyl groups is 1. The van der Waals surface area contributed by atoms with Crippen LogP contribution in [0.2, 0.25) is 0 Å². The number of nitrogens with one attached hydrogen (secondary N) is 2. The van der Waals surface area contributed by atoms with Crippen LogP contribution in [0.1, 0.15) is 36.1 Å². The highest BCUT2D eigenvalue weighted by Gasteiger charge is 2.43. The van der Waals surface area contributed by atoms with E-state index < -0.39 is 0 Å². The molecule has 0 spiro atoms. The minimum absolute atomic E-state index is 0.0347. The number of aryl methyl sites for hydroxylation is 1. The number of amides is 1. The van der Waals surface area contributed by atoms with Gasteiger partial charge in [-0.15, -0.1) is 5.23 Å². The molecule has 2 unspecified atom stereocenters. The highest BCUT2D eigenvalue weighted by molar-refractivity contribution is 5.91. The molecule has 0 saturated carbocycles. The molecule has 0 bridgehead atoms. The van der Waals surface area contributed by atoms with Gasteiger partial charge >= 0.3 is 0 Å². The van der Waals surface area contributed by atoms with Crippen molar-refractivity contribution in [2.75, 3.05) is 13.2 Å². The molecule has 2 aliphatic heterocycles. The van der Waals surface area contributed by atoms with E-state index in [1.54, 1.807) is 10.9 Å². The predicted octanol–water partition coefficient (Wildman–Crippen LogP) is 1.83. The Hall–Kier alpha value is -3.30. The van der Waals surface area contributed by atoms with E-state index in [0.29, 0.717) is 31.2 Å². The van der Waals surface area contributed by atoms with Crippen LogP contribution in [-0.2, 0) is 11.3 Å². The number of hydrogen-bond donors (Lipinski definition) is 3. The molecule has 0 radical (unpaired) electrons. The Morgan fingerprint density at radius 3 is 2.90 bits per heavy atom. The molecule has 2 aromatic rings. The SMILES string of the molecule is O=C1C=C2C3=C(CNN2F)CC(c2ccccc2)C(c2ncnn2CCCO)C3=CN1. The van der Waals surface area contributed by atoms with Crippen LogP contribution >= 0.6 is 0 Å². The fourth-order valence-corrected chi connectivity index (χ4v) is 4.74. The Labute approximate surface area is 178 Å². The van der Waals surface area contributed by atoms with E-state index in [1.807, 2.05) is 18.2 Å². The van der Waals surface area contributed by atoms with E-state index in [4.69, 9.17) is 0 Å². The lowest BCUT2D eigenvalue weighted by molar-refractivity contribution is -0.115. The molecule has 3 aliphatic rings. The molecule has 160 valence electrons. The minimum atomic E-state index is -0.383. The van der Waals surface area contributed by atoms with Gasteiger partial charge in [0.05, 0.1) is 5.92 Å². The number of rotatable bonds is 5. The lowest BCUT2D eigenvalue weighted by atomic mass is 9.68. The lowest BCUT2D eigenvalue weighted by Gasteiger charge is -2.40. The summed E-state index contributed by atoms with van der Waals surface area (Å²) in [6.07, 6.45) is 5.72. The van der Waals surface area contributed by atoms with Gasteiger partial charge < -0.3 is 10.4 Å². The second-order valence-corrected chi connectivity index (χ2v) is 7.85. The van der Waals surface area contributed by atoms with Crippen molar-refractivity contribution in [2.24, 2.45) is 0 Å². The van der Waals surface area contributed by atoms with Crippen molar-refractivity contribution in [1.29, 1.82) is 0 Å². The minimum Gasteiger partial charge on any atom is -0.396 e. The third kappa shape index (κ3) is 3.45. The standard InChI is InChI=1S/C22H23FN6O2/c23-29-18-10-19(31)24-12-17-20(18)15(11-26-29)9-16(14-5-2-1-3-6-14)21(17)22-25-13-27-28(22)7-4-8-30/h1-3,5-6,10,12-13,16,21,26,30H,4,7-9,11H2,(H,24,31). The number of hydrazine groups is 1. The van der Waals surface area contributed by atoms with Crippen LogP contribution in [-0.4, -0.2) is 44.2 Å². The van der Waals surface area contributed by atoms with Crippen LogP contribution in [0.5, 0.6) is 0 Å². The van der Waals surface area contributed by atoms with E-state index >= 15 is 0 Å². The maximum absolute atomic E-state index is 14.7. The summed E-state index contributed by atoms with van der Waals surface area (Å²) in [5.74, 6) is 0.148. The fourth-order valence-electron chi connectivity index (χ4n) is 4.74. The van der Waals surface area contributed by atoms with Gasteiger partial charge in [0.25, 0.3) is 0 Å². The van der Waals surface area contributed by atoms with Gasteiger partial charge in [-0.3, -0.25) is 4.79 Å². The lowest BCUT2D eigenvalue weighted by Crippen LogP contribution is -2.41. The third-order valence-corrected chi connectivity index (χ3v) is 6.06.